The fourth-order valence-corrected chi connectivity index (χ4v) is 4.70. The molecule has 1 aliphatic heterocycles. The Hall–Kier alpha value is -2.95. The number of ketones is 1. The Kier molecular flexibility index (Phi) is 5.71. The van der Waals surface area contributed by atoms with Crippen molar-refractivity contribution in [2.45, 2.75) is 39.0 Å². The Morgan fingerprint density at radius 3 is 2.30 bits per heavy atom. The lowest BCUT2D eigenvalue weighted by Gasteiger charge is -2.34. The predicted molar refractivity (Wildman–Crippen MR) is 121 cm³/mol. The van der Waals surface area contributed by atoms with Crippen molar-refractivity contribution in [2.75, 3.05) is 37.5 Å². The van der Waals surface area contributed by atoms with Crippen LogP contribution in [-0.4, -0.2) is 33.1 Å². The smallest absolute Gasteiger partial charge is 0.162 e. The topological polar surface area (TPSA) is 50.8 Å². The number of benzene rings is 2. The highest BCUT2D eigenvalue weighted by molar-refractivity contribution is 6.01. The molecule has 0 saturated carbocycles. The van der Waals surface area contributed by atoms with E-state index in [1.54, 1.807) is 14.2 Å². The quantitative estimate of drug-likeness (QED) is 0.722. The van der Waals surface area contributed by atoms with Crippen molar-refractivity contribution in [2.24, 2.45) is 0 Å². The number of carbonyl (C=O) groups excluding carboxylic acids is 1. The molecule has 5 nitrogen and oxygen atoms in total. The van der Waals surface area contributed by atoms with Gasteiger partial charge in [0.05, 0.1) is 14.2 Å². The van der Waals surface area contributed by atoms with Gasteiger partial charge in [-0.2, -0.15) is 0 Å². The molecule has 1 aliphatic carbocycles. The number of anilines is 2. The lowest BCUT2D eigenvalue weighted by atomic mass is 9.75. The standard InChI is InChI=1S/C25H30N2O3/c1-5-27(6-2)17-12-10-16(11-13-17)24-18-14-22(29-3)23(30-4)15-20(18)26-19-8-7-9-21(28)25(19)24/h10-15,24,26H,5-9H2,1-4H3/t24-/m0/s1. The largest absolute Gasteiger partial charge is 0.493 e. The molecule has 0 fully saturated rings. The van der Waals surface area contributed by atoms with E-state index in [-0.39, 0.29) is 11.7 Å². The summed E-state index contributed by atoms with van der Waals surface area (Å²) in [4.78, 5) is 15.3. The molecule has 0 spiro atoms. The minimum Gasteiger partial charge on any atom is -0.493 e. The molecule has 0 amide bonds. The normalized spacial score (nSPS) is 17.7. The van der Waals surface area contributed by atoms with Gasteiger partial charge in [0, 0.05) is 54.1 Å². The van der Waals surface area contributed by atoms with Gasteiger partial charge in [-0.1, -0.05) is 12.1 Å². The number of nitrogens with one attached hydrogen (secondary N) is 1. The van der Waals surface area contributed by atoms with E-state index in [1.165, 1.54) is 5.69 Å². The third-order valence-corrected chi connectivity index (χ3v) is 6.25. The molecule has 0 aromatic heterocycles. The highest BCUT2D eigenvalue weighted by Crippen LogP contribution is 2.48. The van der Waals surface area contributed by atoms with Crippen LogP contribution >= 0.6 is 0 Å². The molecule has 2 aromatic carbocycles. The van der Waals surface area contributed by atoms with Crippen LogP contribution in [0.4, 0.5) is 11.4 Å². The summed E-state index contributed by atoms with van der Waals surface area (Å²) in [6, 6.07) is 12.6. The molecule has 2 aromatic rings. The van der Waals surface area contributed by atoms with Crippen LogP contribution in [-0.2, 0) is 4.79 Å². The van der Waals surface area contributed by atoms with Crippen molar-refractivity contribution in [1.82, 2.24) is 0 Å². The van der Waals surface area contributed by atoms with Crippen molar-refractivity contribution < 1.29 is 14.3 Å². The van der Waals surface area contributed by atoms with Crippen LogP contribution in [0, 0.1) is 0 Å². The average molecular weight is 407 g/mol. The average Bonchev–Trinajstić information content (AvgIpc) is 2.78. The summed E-state index contributed by atoms with van der Waals surface area (Å²) in [5.41, 5.74) is 6.31. The van der Waals surface area contributed by atoms with Crippen molar-refractivity contribution in [3.05, 3.63) is 58.8 Å². The molecule has 158 valence electrons. The molecule has 30 heavy (non-hydrogen) atoms. The zero-order chi connectivity index (χ0) is 21.3. The second kappa shape index (κ2) is 8.42. The minimum absolute atomic E-state index is 0.102. The van der Waals surface area contributed by atoms with Gasteiger partial charge in [0.2, 0.25) is 0 Å². The molecule has 1 atom stereocenters. The number of methoxy groups -OCH3 is 2. The molecule has 0 bridgehead atoms. The summed E-state index contributed by atoms with van der Waals surface area (Å²) in [6.07, 6.45) is 2.39. The van der Waals surface area contributed by atoms with Gasteiger partial charge >= 0.3 is 0 Å². The number of fused-ring (bicyclic) bond motifs is 1. The van der Waals surface area contributed by atoms with E-state index in [2.05, 4.69) is 48.3 Å². The van der Waals surface area contributed by atoms with Crippen LogP contribution in [0.15, 0.2) is 47.7 Å². The Morgan fingerprint density at radius 2 is 1.67 bits per heavy atom. The number of hydrogen-bond donors (Lipinski definition) is 1. The molecular formula is C25H30N2O3. The number of nitrogens with zero attached hydrogens (tertiary/aromatic N) is 1. The first-order valence-corrected chi connectivity index (χ1v) is 10.7. The molecule has 5 heteroatoms. The minimum atomic E-state index is -0.102. The first-order valence-electron chi connectivity index (χ1n) is 10.7. The monoisotopic (exact) mass is 406 g/mol. The molecule has 1 N–H and O–H groups in total. The lowest BCUT2D eigenvalue weighted by Crippen LogP contribution is -2.27. The van der Waals surface area contributed by atoms with Crippen molar-refractivity contribution in [3.63, 3.8) is 0 Å². The maximum Gasteiger partial charge on any atom is 0.162 e. The van der Waals surface area contributed by atoms with E-state index >= 15 is 0 Å². The number of hydrogen-bond acceptors (Lipinski definition) is 5. The highest BCUT2D eigenvalue weighted by atomic mass is 16.5. The predicted octanol–water partition coefficient (Wildman–Crippen LogP) is 5.11. The molecule has 1 heterocycles. The number of allylic oxidation sites excluding steroid dienone is 2. The van der Waals surface area contributed by atoms with Crippen molar-refractivity contribution in [3.8, 4) is 11.5 Å². The Bertz CT molecular complexity index is 975. The van der Waals surface area contributed by atoms with Crippen molar-refractivity contribution in [1.29, 1.82) is 0 Å². The fraction of sp³-hybridized carbons (Fsp3) is 0.400. The van der Waals surface area contributed by atoms with Gasteiger partial charge in [0.25, 0.3) is 0 Å². The summed E-state index contributed by atoms with van der Waals surface area (Å²) in [7, 11) is 3.29. The van der Waals surface area contributed by atoms with Gasteiger partial charge < -0.3 is 19.7 Å². The van der Waals surface area contributed by atoms with Crippen LogP contribution in [0.25, 0.3) is 0 Å². The first kappa shape index (κ1) is 20.3. The summed E-state index contributed by atoms with van der Waals surface area (Å²) in [5.74, 6) is 1.50. The highest BCUT2D eigenvalue weighted by Gasteiger charge is 2.36. The maximum atomic E-state index is 13.0. The maximum absolute atomic E-state index is 13.0. The lowest BCUT2D eigenvalue weighted by molar-refractivity contribution is -0.116. The molecule has 0 unspecified atom stereocenters. The van der Waals surface area contributed by atoms with Gasteiger partial charge in [0.1, 0.15) is 0 Å². The third-order valence-electron chi connectivity index (χ3n) is 6.25. The Morgan fingerprint density at radius 1 is 1.00 bits per heavy atom. The third kappa shape index (κ3) is 3.42. The zero-order valence-corrected chi connectivity index (χ0v) is 18.2. The van der Waals surface area contributed by atoms with Gasteiger partial charge in [-0.3, -0.25) is 4.79 Å². The van der Waals surface area contributed by atoms with Crippen molar-refractivity contribution >= 4 is 17.2 Å². The number of ether oxygens (including phenoxy) is 2. The van der Waals surface area contributed by atoms with Gasteiger partial charge in [-0.05, 0) is 56.0 Å². The van der Waals surface area contributed by atoms with E-state index in [9.17, 15) is 4.79 Å². The SMILES string of the molecule is CCN(CC)c1ccc([C@@H]2C3=C(CCCC3=O)Nc3cc(OC)c(OC)cc32)cc1. The molecule has 0 saturated heterocycles. The van der Waals surface area contributed by atoms with Crippen LogP contribution in [0.1, 0.15) is 50.2 Å². The summed E-state index contributed by atoms with van der Waals surface area (Å²) in [6.45, 7) is 6.27. The zero-order valence-electron chi connectivity index (χ0n) is 18.2. The summed E-state index contributed by atoms with van der Waals surface area (Å²) >= 11 is 0. The number of Topliss-reactive ketones (excluding diaryl/α,β-unsaturated/α-hetero) is 1. The Labute approximate surface area is 178 Å². The summed E-state index contributed by atoms with van der Waals surface area (Å²) in [5, 5.41) is 3.52. The molecule has 0 radical (unpaired) electrons. The molecule has 4 rings (SSSR count). The van der Waals surface area contributed by atoms with E-state index in [0.29, 0.717) is 17.9 Å². The van der Waals surface area contributed by atoms with Gasteiger partial charge in [0.15, 0.2) is 17.3 Å². The van der Waals surface area contributed by atoms with Gasteiger partial charge in [-0.15, -0.1) is 0 Å². The first-order chi connectivity index (χ1) is 14.6. The molecule has 2 aliphatic rings. The van der Waals surface area contributed by atoms with Crippen LogP contribution in [0.2, 0.25) is 0 Å². The number of carbonyl (C=O) groups is 1. The number of rotatable bonds is 6. The van der Waals surface area contributed by atoms with E-state index in [0.717, 1.165) is 54.0 Å². The van der Waals surface area contributed by atoms with E-state index in [1.807, 2.05) is 12.1 Å². The van der Waals surface area contributed by atoms with Crippen LogP contribution in [0.5, 0.6) is 11.5 Å². The van der Waals surface area contributed by atoms with Crippen LogP contribution < -0.4 is 19.7 Å². The Balaban J connectivity index is 1.85. The van der Waals surface area contributed by atoms with Gasteiger partial charge in [-0.25, -0.2) is 0 Å². The summed E-state index contributed by atoms with van der Waals surface area (Å²) < 4.78 is 11.1. The van der Waals surface area contributed by atoms with E-state index < -0.39 is 0 Å². The second-order valence-corrected chi connectivity index (χ2v) is 7.79. The van der Waals surface area contributed by atoms with E-state index in [4.69, 9.17) is 9.47 Å². The van der Waals surface area contributed by atoms with Crippen LogP contribution in [0.3, 0.4) is 0 Å². The fourth-order valence-electron chi connectivity index (χ4n) is 4.70. The molecular weight excluding hydrogens is 376 g/mol. The second-order valence-electron chi connectivity index (χ2n) is 7.79.